The fourth-order valence-electron chi connectivity index (χ4n) is 3.24. The molecule has 2 aliphatic heterocycles. The number of nitrogens with one attached hydrogen (secondary N) is 4. The average molecular weight is 443 g/mol. The minimum absolute atomic E-state index is 0.122. The molecule has 12 heteroatoms. The van der Waals surface area contributed by atoms with Gasteiger partial charge in [0.05, 0.1) is 18.9 Å². The minimum atomic E-state index is -1.32. The zero-order valence-corrected chi connectivity index (χ0v) is 18.2. The highest BCUT2D eigenvalue weighted by Gasteiger charge is 2.33. The number of ether oxygens (including phenoxy) is 1. The maximum absolute atomic E-state index is 12.1. The Labute approximate surface area is 182 Å². The second kappa shape index (κ2) is 13.1. The molecular weight excluding hydrogens is 408 g/mol. The number of amides is 2. The van der Waals surface area contributed by atoms with Gasteiger partial charge in [0.15, 0.2) is 0 Å². The summed E-state index contributed by atoms with van der Waals surface area (Å²) < 4.78 is 4.95. The molecular formula is C19H34N6O6. The van der Waals surface area contributed by atoms with Crippen LogP contribution in [0.4, 0.5) is 4.79 Å². The lowest BCUT2D eigenvalue weighted by Gasteiger charge is -2.28. The molecule has 1 saturated heterocycles. The summed E-state index contributed by atoms with van der Waals surface area (Å²) in [5.74, 6) is -1.63. The Morgan fingerprint density at radius 1 is 1.32 bits per heavy atom. The van der Waals surface area contributed by atoms with Crippen molar-refractivity contribution in [3.63, 3.8) is 0 Å². The monoisotopic (exact) mass is 442 g/mol. The normalized spacial score (nSPS) is 19.4. The first kappa shape index (κ1) is 24.8. The highest BCUT2D eigenvalue weighted by atomic mass is 16.7. The number of hydrogen-bond acceptors (Lipinski definition) is 9. The van der Waals surface area contributed by atoms with Gasteiger partial charge in [0.25, 0.3) is 0 Å². The number of unbranched alkanes of at least 4 members (excludes halogenated alkanes) is 1. The summed E-state index contributed by atoms with van der Waals surface area (Å²) in [5, 5.41) is 25.7. The van der Waals surface area contributed by atoms with Crippen molar-refractivity contribution >= 4 is 23.7 Å². The topological polar surface area (TPSA) is 154 Å². The van der Waals surface area contributed by atoms with Crippen LogP contribution in [0.2, 0.25) is 0 Å². The molecule has 2 rings (SSSR count). The van der Waals surface area contributed by atoms with E-state index in [9.17, 15) is 19.5 Å². The van der Waals surface area contributed by atoms with Crippen molar-refractivity contribution < 1.29 is 29.1 Å². The third-order valence-corrected chi connectivity index (χ3v) is 4.98. The number of carbonyl (C=O) groups excluding carboxylic acids is 2. The van der Waals surface area contributed by atoms with Crippen LogP contribution in [0.3, 0.4) is 0 Å². The molecule has 0 bridgehead atoms. The first-order chi connectivity index (χ1) is 14.9. The van der Waals surface area contributed by atoms with Gasteiger partial charge in [-0.3, -0.25) is 20.7 Å². The number of hydrogen-bond donors (Lipinski definition) is 5. The first-order valence-electron chi connectivity index (χ1n) is 10.8. The maximum Gasteiger partial charge on any atom is 0.407 e. The zero-order valence-electron chi connectivity index (χ0n) is 18.2. The Balaban J connectivity index is 1.78. The van der Waals surface area contributed by atoms with Crippen LogP contribution in [0.25, 0.3) is 0 Å². The highest BCUT2D eigenvalue weighted by Crippen LogP contribution is 2.18. The Morgan fingerprint density at radius 2 is 2.06 bits per heavy atom. The van der Waals surface area contributed by atoms with Gasteiger partial charge in [-0.1, -0.05) is 18.5 Å². The van der Waals surface area contributed by atoms with Gasteiger partial charge in [0.1, 0.15) is 12.3 Å². The lowest BCUT2D eigenvalue weighted by molar-refractivity contribution is -0.147. The molecule has 0 saturated carbocycles. The zero-order chi connectivity index (χ0) is 22.6. The Morgan fingerprint density at radius 3 is 2.71 bits per heavy atom. The molecule has 0 radical (unpaired) electrons. The molecule has 176 valence electrons. The molecule has 12 nitrogen and oxygen atoms in total. The van der Waals surface area contributed by atoms with E-state index < -0.39 is 24.3 Å². The van der Waals surface area contributed by atoms with Crippen molar-refractivity contribution in [3.05, 3.63) is 0 Å². The van der Waals surface area contributed by atoms with Gasteiger partial charge < -0.3 is 24.9 Å². The van der Waals surface area contributed by atoms with Crippen LogP contribution in [0.15, 0.2) is 5.16 Å². The third-order valence-electron chi connectivity index (χ3n) is 4.98. The number of alkyl carbamates (subject to hydrolysis) is 1. The molecule has 0 aliphatic carbocycles. The van der Waals surface area contributed by atoms with Gasteiger partial charge in [-0.05, 0) is 25.8 Å². The molecule has 1 fully saturated rings. The van der Waals surface area contributed by atoms with Gasteiger partial charge in [-0.25, -0.2) is 9.59 Å². The third kappa shape index (κ3) is 8.67. The van der Waals surface area contributed by atoms with E-state index >= 15 is 0 Å². The van der Waals surface area contributed by atoms with E-state index in [0.29, 0.717) is 19.3 Å². The molecule has 2 atom stereocenters. The molecule has 31 heavy (non-hydrogen) atoms. The van der Waals surface area contributed by atoms with Crippen molar-refractivity contribution in [2.24, 2.45) is 5.16 Å². The lowest BCUT2D eigenvalue weighted by Crippen LogP contribution is -2.52. The van der Waals surface area contributed by atoms with Crippen LogP contribution >= 0.6 is 0 Å². The van der Waals surface area contributed by atoms with E-state index in [2.05, 4.69) is 26.4 Å². The van der Waals surface area contributed by atoms with E-state index in [1.54, 1.807) is 0 Å². The van der Waals surface area contributed by atoms with Crippen molar-refractivity contribution in [1.29, 1.82) is 0 Å². The lowest BCUT2D eigenvalue weighted by atomic mass is 10.1. The Kier molecular flexibility index (Phi) is 10.5. The summed E-state index contributed by atoms with van der Waals surface area (Å²) in [6.07, 6.45) is 2.07. The number of carboxylic acid groups (broad SMARTS) is 1. The largest absolute Gasteiger partial charge is 0.480 e. The van der Waals surface area contributed by atoms with Gasteiger partial charge in [0, 0.05) is 26.4 Å². The number of oxime groups is 1. The van der Waals surface area contributed by atoms with Crippen LogP contribution < -0.4 is 21.3 Å². The van der Waals surface area contributed by atoms with E-state index in [1.165, 1.54) is 11.8 Å². The molecule has 2 unspecified atom stereocenters. The molecule has 0 aromatic carbocycles. The molecule has 2 heterocycles. The second-order valence-corrected chi connectivity index (χ2v) is 7.52. The van der Waals surface area contributed by atoms with E-state index in [0.717, 1.165) is 38.2 Å². The molecule has 0 aromatic heterocycles. The van der Waals surface area contributed by atoms with Crippen LogP contribution in [-0.2, 0) is 19.2 Å². The van der Waals surface area contributed by atoms with Crippen molar-refractivity contribution in [2.75, 3.05) is 32.8 Å². The van der Waals surface area contributed by atoms with Gasteiger partial charge in [-0.15, -0.1) is 0 Å². The van der Waals surface area contributed by atoms with Gasteiger partial charge in [0.2, 0.25) is 12.1 Å². The standard InChI is InChI=1S/C19H34N6O6/c1-3-4-10-30-19(29)23-15(17(27)28)12-25(13(2)26)16-11-14(24-31-16)6-5-7-20-18-21-8-9-22-18/h15-16,18,20-22H,3-12H2,1-2H3,(H,23,29)(H,27,28). The summed E-state index contributed by atoms with van der Waals surface area (Å²) >= 11 is 0. The van der Waals surface area contributed by atoms with Crippen molar-refractivity contribution in [1.82, 2.24) is 26.2 Å². The summed E-state index contributed by atoms with van der Waals surface area (Å²) in [5.41, 5.74) is 0.809. The van der Waals surface area contributed by atoms with Crippen molar-refractivity contribution in [2.45, 2.75) is 64.5 Å². The summed E-state index contributed by atoms with van der Waals surface area (Å²) in [7, 11) is 0. The number of carboxylic acids is 1. The average Bonchev–Trinajstić information content (AvgIpc) is 3.40. The van der Waals surface area contributed by atoms with Crippen LogP contribution in [-0.4, -0.2) is 85.0 Å². The molecule has 2 amide bonds. The second-order valence-electron chi connectivity index (χ2n) is 7.52. The summed E-state index contributed by atoms with van der Waals surface area (Å²) in [4.78, 5) is 42.2. The Bertz CT molecular complexity index is 639. The van der Waals surface area contributed by atoms with Crippen LogP contribution in [0.5, 0.6) is 0 Å². The number of carbonyl (C=O) groups is 3. The highest BCUT2D eigenvalue weighted by molar-refractivity contribution is 5.86. The first-order valence-corrected chi connectivity index (χ1v) is 10.8. The number of nitrogens with zero attached hydrogens (tertiary/aromatic N) is 2. The molecule has 0 spiro atoms. The fourth-order valence-corrected chi connectivity index (χ4v) is 3.24. The molecule has 0 aromatic rings. The summed E-state index contributed by atoms with van der Waals surface area (Å²) in [6, 6.07) is -1.32. The van der Waals surface area contributed by atoms with Gasteiger partial charge >= 0.3 is 12.1 Å². The van der Waals surface area contributed by atoms with Crippen LogP contribution in [0, 0.1) is 0 Å². The predicted octanol–water partition coefficient (Wildman–Crippen LogP) is -0.237. The maximum atomic E-state index is 12.1. The number of aliphatic carboxylic acids is 1. The SMILES string of the molecule is CCCCOC(=O)NC(CN(C(C)=O)C1CC(CCCNC2NCCN2)=NO1)C(=O)O. The predicted molar refractivity (Wildman–Crippen MR) is 112 cm³/mol. The number of rotatable bonds is 13. The van der Waals surface area contributed by atoms with Gasteiger partial charge in [-0.2, -0.15) is 0 Å². The summed E-state index contributed by atoms with van der Waals surface area (Å²) in [6.45, 7) is 5.88. The Hall–Kier alpha value is -2.44. The van der Waals surface area contributed by atoms with E-state index in [-0.39, 0.29) is 25.3 Å². The quantitative estimate of drug-likeness (QED) is 0.243. The van der Waals surface area contributed by atoms with Crippen LogP contribution in [0.1, 0.15) is 46.0 Å². The minimum Gasteiger partial charge on any atom is -0.480 e. The smallest absolute Gasteiger partial charge is 0.407 e. The molecule has 5 N–H and O–H groups in total. The fraction of sp³-hybridized carbons (Fsp3) is 0.789. The van der Waals surface area contributed by atoms with E-state index in [1.807, 2.05) is 6.92 Å². The molecule has 2 aliphatic rings. The van der Waals surface area contributed by atoms with Crippen molar-refractivity contribution in [3.8, 4) is 0 Å². The van der Waals surface area contributed by atoms with E-state index in [4.69, 9.17) is 9.57 Å².